The van der Waals surface area contributed by atoms with E-state index >= 15 is 0 Å². The average molecular weight is 493 g/mol. The molecule has 0 bridgehead atoms. The summed E-state index contributed by atoms with van der Waals surface area (Å²) < 4.78 is 6.28. The predicted octanol–water partition coefficient (Wildman–Crippen LogP) is 2.45. The summed E-state index contributed by atoms with van der Waals surface area (Å²) in [7, 11) is 3.89. The van der Waals surface area contributed by atoms with Crippen molar-refractivity contribution in [1.82, 2.24) is 20.0 Å². The Bertz CT molecular complexity index is 1120. The van der Waals surface area contributed by atoms with Crippen LogP contribution < -0.4 is 5.32 Å². The molecule has 0 unspecified atom stereocenters. The third-order valence-electron chi connectivity index (χ3n) is 7.00. The number of carbonyl (C=O) groups excluding carboxylic acids is 3. The SMILES string of the molecule is Cc1cccc(C(=O)N2CCC3(CC2)OC[C@@H](C(=O)NCCN(C)C)N3C(=O)c2cccc(C)c2)c1. The topological polar surface area (TPSA) is 82.2 Å². The molecule has 4 rings (SSSR count). The fourth-order valence-electron chi connectivity index (χ4n) is 5.02. The second-order valence-corrected chi connectivity index (χ2v) is 10.1. The highest BCUT2D eigenvalue weighted by molar-refractivity contribution is 5.99. The molecule has 2 aromatic rings. The molecule has 36 heavy (non-hydrogen) atoms. The van der Waals surface area contributed by atoms with Gasteiger partial charge in [0.1, 0.15) is 11.8 Å². The molecule has 2 aromatic carbocycles. The molecular weight excluding hydrogens is 456 g/mol. The largest absolute Gasteiger partial charge is 0.353 e. The molecule has 0 saturated carbocycles. The number of aryl methyl sites for hydroxylation is 2. The van der Waals surface area contributed by atoms with E-state index in [1.54, 1.807) is 11.0 Å². The number of hydrogen-bond acceptors (Lipinski definition) is 5. The molecule has 1 spiro atoms. The number of piperidine rings is 1. The molecule has 2 fully saturated rings. The molecule has 2 aliphatic rings. The molecule has 8 heteroatoms. The summed E-state index contributed by atoms with van der Waals surface area (Å²) in [4.78, 5) is 45.6. The lowest BCUT2D eigenvalue weighted by Crippen LogP contribution is -2.60. The van der Waals surface area contributed by atoms with Crippen molar-refractivity contribution in [2.24, 2.45) is 0 Å². The Morgan fingerprint density at radius 2 is 1.56 bits per heavy atom. The van der Waals surface area contributed by atoms with E-state index < -0.39 is 11.8 Å². The van der Waals surface area contributed by atoms with Gasteiger partial charge >= 0.3 is 0 Å². The molecule has 0 aromatic heterocycles. The lowest BCUT2D eigenvalue weighted by Gasteiger charge is -2.44. The zero-order valence-corrected chi connectivity index (χ0v) is 21.6. The van der Waals surface area contributed by atoms with Crippen LogP contribution in [-0.2, 0) is 9.53 Å². The van der Waals surface area contributed by atoms with Crippen molar-refractivity contribution in [3.8, 4) is 0 Å². The number of benzene rings is 2. The Balaban J connectivity index is 1.55. The maximum absolute atomic E-state index is 13.8. The zero-order valence-electron chi connectivity index (χ0n) is 21.6. The molecule has 192 valence electrons. The molecule has 2 heterocycles. The minimum atomic E-state index is -0.923. The van der Waals surface area contributed by atoms with E-state index in [2.05, 4.69) is 5.32 Å². The van der Waals surface area contributed by atoms with Gasteiger partial charge in [-0.3, -0.25) is 19.3 Å². The first-order valence-electron chi connectivity index (χ1n) is 12.5. The third kappa shape index (κ3) is 5.44. The summed E-state index contributed by atoms with van der Waals surface area (Å²) in [5.74, 6) is -0.462. The number of amides is 3. The van der Waals surface area contributed by atoms with Gasteiger partial charge in [-0.05, 0) is 52.2 Å². The third-order valence-corrected chi connectivity index (χ3v) is 7.00. The first-order chi connectivity index (χ1) is 17.2. The van der Waals surface area contributed by atoms with Crippen molar-refractivity contribution >= 4 is 17.7 Å². The van der Waals surface area contributed by atoms with Gasteiger partial charge in [0.2, 0.25) is 5.91 Å². The van der Waals surface area contributed by atoms with Crippen molar-refractivity contribution in [2.45, 2.75) is 38.5 Å². The first kappa shape index (κ1) is 25.9. The highest BCUT2D eigenvalue weighted by Crippen LogP contribution is 2.39. The summed E-state index contributed by atoms with van der Waals surface area (Å²) in [6, 6.07) is 14.2. The minimum absolute atomic E-state index is 0.0268. The summed E-state index contributed by atoms with van der Waals surface area (Å²) in [5, 5.41) is 2.96. The monoisotopic (exact) mass is 492 g/mol. The van der Waals surface area contributed by atoms with Gasteiger partial charge in [-0.25, -0.2) is 0 Å². The van der Waals surface area contributed by atoms with Crippen LogP contribution in [0.1, 0.15) is 44.7 Å². The Hall–Kier alpha value is -3.23. The van der Waals surface area contributed by atoms with Crippen LogP contribution in [0.4, 0.5) is 0 Å². The van der Waals surface area contributed by atoms with Gasteiger partial charge in [0, 0.05) is 50.1 Å². The molecule has 1 atom stereocenters. The van der Waals surface area contributed by atoms with Gasteiger partial charge in [-0.1, -0.05) is 35.4 Å². The smallest absolute Gasteiger partial charge is 0.256 e. The Kier molecular flexibility index (Phi) is 7.76. The van der Waals surface area contributed by atoms with E-state index in [4.69, 9.17) is 4.74 Å². The van der Waals surface area contributed by atoms with Gasteiger partial charge in [0.25, 0.3) is 11.8 Å². The van der Waals surface area contributed by atoms with E-state index in [9.17, 15) is 14.4 Å². The van der Waals surface area contributed by atoms with Gasteiger partial charge in [-0.15, -0.1) is 0 Å². The Morgan fingerprint density at radius 1 is 0.972 bits per heavy atom. The van der Waals surface area contributed by atoms with E-state index in [1.165, 1.54) is 0 Å². The molecule has 3 amide bonds. The van der Waals surface area contributed by atoms with E-state index in [-0.39, 0.29) is 24.3 Å². The van der Waals surface area contributed by atoms with Gasteiger partial charge in [0.15, 0.2) is 0 Å². The van der Waals surface area contributed by atoms with Crippen LogP contribution in [0.5, 0.6) is 0 Å². The van der Waals surface area contributed by atoms with E-state index in [0.29, 0.717) is 50.1 Å². The van der Waals surface area contributed by atoms with Crippen LogP contribution in [0.2, 0.25) is 0 Å². The van der Waals surface area contributed by atoms with Crippen LogP contribution in [0.25, 0.3) is 0 Å². The maximum Gasteiger partial charge on any atom is 0.256 e. The second kappa shape index (κ2) is 10.8. The summed E-state index contributed by atoms with van der Waals surface area (Å²) >= 11 is 0. The average Bonchev–Trinajstić information content (AvgIpc) is 3.22. The number of nitrogens with one attached hydrogen (secondary N) is 1. The van der Waals surface area contributed by atoms with Crippen LogP contribution in [-0.4, -0.2) is 91.1 Å². The first-order valence-corrected chi connectivity index (χ1v) is 12.5. The molecule has 8 nitrogen and oxygen atoms in total. The number of nitrogens with zero attached hydrogens (tertiary/aromatic N) is 3. The number of likely N-dealkylation sites (tertiary alicyclic amines) is 1. The molecule has 1 N–H and O–H groups in total. The predicted molar refractivity (Wildman–Crippen MR) is 138 cm³/mol. The van der Waals surface area contributed by atoms with Crippen LogP contribution in [0.15, 0.2) is 48.5 Å². The Labute approximate surface area is 213 Å². The molecule has 0 radical (unpaired) electrons. The van der Waals surface area contributed by atoms with Crippen molar-refractivity contribution in [2.75, 3.05) is 46.9 Å². The fraction of sp³-hybridized carbons (Fsp3) is 0.464. The summed E-state index contributed by atoms with van der Waals surface area (Å²) in [5.41, 5.74) is 2.27. The molecule has 2 aliphatic heterocycles. The van der Waals surface area contributed by atoms with Gasteiger partial charge < -0.3 is 19.9 Å². The zero-order chi connectivity index (χ0) is 25.9. The second-order valence-electron chi connectivity index (χ2n) is 10.1. The number of hydrogen-bond donors (Lipinski definition) is 1. The lowest BCUT2D eigenvalue weighted by atomic mass is 9.95. The minimum Gasteiger partial charge on any atom is -0.353 e. The standard InChI is InChI=1S/C28H36N4O4/c1-20-7-5-9-22(17-20)26(34)31-14-11-28(12-15-31)32(27(35)23-10-6-8-21(2)18-23)24(19-36-28)25(33)29-13-16-30(3)4/h5-10,17-18,24H,11-16,19H2,1-4H3,(H,29,33)/t24-/m0/s1. The summed E-state index contributed by atoms with van der Waals surface area (Å²) in [6.45, 7) is 6.11. The highest BCUT2D eigenvalue weighted by atomic mass is 16.5. The van der Waals surface area contributed by atoms with Crippen molar-refractivity contribution in [3.05, 3.63) is 70.8 Å². The van der Waals surface area contributed by atoms with Crippen molar-refractivity contribution in [3.63, 3.8) is 0 Å². The van der Waals surface area contributed by atoms with Crippen LogP contribution in [0.3, 0.4) is 0 Å². The fourth-order valence-corrected chi connectivity index (χ4v) is 5.02. The van der Waals surface area contributed by atoms with Crippen LogP contribution >= 0.6 is 0 Å². The molecule has 2 saturated heterocycles. The van der Waals surface area contributed by atoms with Gasteiger partial charge in [-0.2, -0.15) is 0 Å². The molecular formula is C28H36N4O4. The highest BCUT2D eigenvalue weighted by Gasteiger charge is 2.54. The number of carbonyl (C=O) groups is 3. The number of ether oxygens (including phenoxy) is 1. The van der Waals surface area contributed by atoms with Crippen LogP contribution in [0, 0.1) is 13.8 Å². The normalized spacial score (nSPS) is 19.1. The lowest BCUT2D eigenvalue weighted by molar-refractivity contribution is -0.128. The Morgan fingerprint density at radius 3 is 2.11 bits per heavy atom. The van der Waals surface area contributed by atoms with Crippen molar-refractivity contribution in [1.29, 1.82) is 0 Å². The maximum atomic E-state index is 13.8. The molecule has 0 aliphatic carbocycles. The number of likely N-dealkylation sites (N-methyl/N-ethyl adjacent to an activating group) is 1. The van der Waals surface area contributed by atoms with Crippen molar-refractivity contribution < 1.29 is 19.1 Å². The number of rotatable bonds is 6. The van der Waals surface area contributed by atoms with Gasteiger partial charge in [0.05, 0.1) is 6.61 Å². The van der Waals surface area contributed by atoms with E-state index in [0.717, 1.165) is 11.1 Å². The quantitative estimate of drug-likeness (QED) is 0.670. The summed E-state index contributed by atoms with van der Waals surface area (Å²) in [6.07, 6.45) is 0.896. The van der Waals surface area contributed by atoms with E-state index in [1.807, 2.05) is 80.2 Å².